The van der Waals surface area contributed by atoms with Crippen LogP contribution in [0.3, 0.4) is 0 Å². The molecule has 0 fully saturated rings. The van der Waals surface area contributed by atoms with Crippen molar-refractivity contribution in [2.75, 3.05) is 19.5 Å². The molecule has 0 amide bonds. The standard InChI is InChI=1S/C11H13NO3/c1-12-8-3-4-9-7(5-8)6-10(15-9)11(13)14-2/h3-5,10,12H,6H2,1-2H3. The Morgan fingerprint density at radius 2 is 2.40 bits per heavy atom. The Hall–Kier alpha value is -1.71. The van der Waals surface area contributed by atoms with Gasteiger partial charge in [0.1, 0.15) is 5.75 Å². The molecule has 1 aromatic carbocycles. The quantitative estimate of drug-likeness (QED) is 0.740. The van der Waals surface area contributed by atoms with E-state index >= 15 is 0 Å². The van der Waals surface area contributed by atoms with Gasteiger partial charge in [-0.25, -0.2) is 4.79 Å². The molecule has 0 saturated carbocycles. The van der Waals surface area contributed by atoms with E-state index in [1.54, 1.807) is 0 Å². The highest BCUT2D eigenvalue weighted by atomic mass is 16.6. The summed E-state index contributed by atoms with van der Waals surface area (Å²) in [6, 6.07) is 5.76. The largest absolute Gasteiger partial charge is 0.478 e. The average molecular weight is 207 g/mol. The summed E-state index contributed by atoms with van der Waals surface area (Å²) < 4.78 is 10.1. The van der Waals surface area contributed by atoms with Crippen LogP contribution in [0.5, 0.6) is 5.75 Å². The van der Waals surface area contributed by atoms with E-state index in [0.717, 1.165) is 17.0 Å². The maximum Gasteiger partial charge on any atom is 0.347 e. The lowest BCUT2D eigenvalue weighted by atomic mass is 10.1. The van der Waals surface area contributed by atoms with Gasteiger partial charge < -0.3 is 14.8 Å². The maximum absolute atomic E-state index is 11.3. The van der Waals surface area contributed by atoms with Gasteiger partial charge in [0, 0.05) is 24.7 Å². The smallest absolute Gasteiger partial charge is 0.347 e. The van der Waals surface area contributed by atoms with Crippen molar-refractivity contribution in [1.29, 1.82) is 0 Å². The fourth-order valence-corrected chi connectivity index (χ4v) is 1.67. The highest BCUT2D eigenvalue weighted by molar-refractivity contribution is 5.77. The number of carbonyl (C=O) groups excluding carboxylic acids is 1. The first-order chi connectivity index (χ1) is 7.24. The van der Waals surface area contributed by atoms with Gasteiger partial charge in [0.15, 0.2) is 6.10 Å². The third kappa shape index (κ3) is 1.75. The fourth-order valence-electron chi connectivity index (χ4n) is 1.67. The van der Waals surface area contributed by atoms with Crippen molar-refractivity contribution in [3.05, 3.63) is 23.8 Å². The topological polar surface area (TPSA) is 47.6 Å². The number of fused-ring (bicyclic) bond motifs is 1. The van der Waals surface area contributed by atoms with Crippen molar-refractivity contribution >= 4 is 11.7 Å². The molecule has 1 aromatic rings. The highest BCUT2D eigenvalue weighted by Gasteiger charge is 2.29. The minimum Gasteiger partial charge on any atom is -0.478 e. The van der Waals surface area contributed by atoms with E-state index in [2.05, 4.69) is 10.1 Å². The number of hydrogen-bond donors (Lipinski definition) is 1. The molecule has 1 aliphatic heterocycles. The number of anilines is 1. The van der Waals surface area contributed by atoms with E-state index in [9.17, 15) is 4.79 Å². The molecule has 0 spiro atoms. The maximum atomic E-state index is 11.3. The van der Waals surface area contributed by atoms with Gasteiger partial charge in [0.2, 0.25) is 0 Å². The summed E-state index contributed by atoms with van der Waals surface area (Å²) >= 11 is 0. The molecule has 15 heavy (non-hydrogen) atoms. The lowest BCUT2D eigenvalue weighted by Crippen LogP contribution is -2.26. The summed E-state index contributed by atoms with van der Waals surface area (Å²) in [4.78, 5) is 11.3. The summed E-state index contributed by atoms with van der Waals surface area (Å²) in [7, 11) is 3.23. The molecule has 1 unspecified atom stereocenters. The Balaban J connectivity index is 2.20. The van der Waals surface area contributed by atoms with E-state index in [4.69, 9.17) is 4.74 Å². The van der Waals surface area contributed by atoms with Crippen LogP contribution in [0, 0.1) is 0 Å². The molecule has 1 N–H and O–H groups in total. The summed E-state index contributed by atoms with van der Waals surface area (Å²) in [5.41, 5.74) is 2.06. The molecule has 1 atom stereocenters. The monoisotopic (exact) mass is 207 g/mol. The Kier molecular flexibility index (Phi) is 2.49. The molecule has 1 heterocycles. The normalized spacial score (nSPS) is 17.9. The lowest BCUT2D eigenvalue weighted by molar-refractivity contribution is -0.147. The van der Waals surface area contributed by atoms with Crippen molar-refractivity contribution in [3.8, 4) is 5.75 Å². The minimum absolute atomic E-state index is 0.322. The molecular weight excluding hydrogens is 194 g/mol. The first-order valence-corrected chi connectivity index (χ1v) is 4.79. The van der Waals surface area contributed by atoms with Gasteiger partial charge >= 0.3 is 5.97 Å². The second-order valence-corrected chi connectivity index (χ2v) is 3.41. The van der Waals surface area contributed by atoms with Crippen LogP contribution in [0.2, 0.25) is 0 Å². The summed E-state index contributed by atoms with van der Waals surface area (Å²) in [5, 5.41) is 3.04. The number of methoxy groups -OCH3 is 1. The van der Waals surface area contributed by atoms with Crippen LogP contribution in [-0.2, 0) is 16.0 Å². The average Bonchev–Trinajstić information content (AvgIpc) is 2.70. The SMILES string of the molecule is CNc1ccc2c(c1)CC(C(=O)OC)O2. The summed E-state index contributed by atoms with van der Waals surface area (Å²) in [5.74, 6) is 0.446. The summed E-state index contributed by atoms with van der Waals surface area (Å²) in [6.45, 7) is 0. The Labute approximate surface area is 88.2 Å². The third-order valence-corrected chi connectivity index (χ3v) is 2.49. The van der Waals surface area contributed by atoms with Crippen LogP contribution in [-0.4, -0.2) is 26.2 Å². The molecule has 1 aliphatic rings. The molecule has 0 saturated heterocycles. The van der Waals surface area contributed by atoms with Crippen molar-refractivity contribution in [2.24, 2.45) is 0 Å². The minimum atomic E-state index is -0.489. The lowest BCUT2D eigenvalue weighted by Gasteiger charge is -2.06. The summed E-state index contributed by atoms with van der Waals surface area (Å²) in [6.07, 6.45) is 0.0921. The van der Waals surface area contributed by atoms with Crippen LogP contribution in [0.15, 0.2) is 18.2 Å². The molecule has 0 radical (unpaired) electrons. The number of carbonyl (C=O) groups is 1. The molecule has 0 bridgehead atoms. The van der Waals surface area contributed by atoms with Gasteiger partial charge in [-0.15, -0.1) is 0 Å². The predicted octanol–water partition coefficient (Wildman–Crippen LogP) is 1.20. The van der Waals surface area contributed by atoms with E-state index in [0.29, 0.717) is 6.42 Å². The molecular formula is C11H13NO3. The number of benzene rings is 1. The molecule has 4 heteroatoms. The number of rotatable bonds is 2. The van der Waals surface area contributed by atoms with Gasteiger partial charge in [0.25, 0.3) is 0 Å². The van der Waals surface area contributed by atoms with Crippen molar-refractivity contribution in [2.45, 2.75) is 12.5 Å². The van der Waals surface area contributed by atoms with Crippen LogP contribution in [0.4, 0.5) is 5.69 Å². The Bertz CT molecular complexity index is 389. The molecule has 2 rings (SSSR count). The van der Waals surface area contributed by atoms with Crippen molar-refractivity contribution < 1.29 is 14.3 Å². The van der Waals surface area contributed by atoms with Crippen molar-refractivity contribution in [3.63, 3.8) is 0 Å². The van der Waals surface area contributed by atoms with Crippen LogP contribution in [0.25, 0.3) is 0 Å². The van der Waals surface area contributed by atoms with Gasteiger partial charge in [-0.1, -0.05) is 0 Å². The predicted molar refractivity (Wildman–Crippen MR) is 56.1 cm³/mol. The van der Waals surface area contributed by atoms with Crippen molar-refractivity contribution in [1.82, 2.24) is 0 Å². The van der Waals surface area contributed by atoms with Crippen LogP contribution >= 0.6 is 0 Å². The number of esters is 1. The number of hydrogen-bond acceptors (Lipinski definition) is 4. The molecule has 0 aromatic heterocycles. The molecule has 80 valence electrons. The van der Waals surface area contributed by atoms with E-state index in [1.165, 1.54) is 7.11 Å². The zero-order valence-corrected chi connectivity index (χ0v) is 8.74. The zero-order valence-electron chi connectivity index (χ0n) is 8.74. The van der Waals surface area contributed by atoms with E-state index < -0.39 is 6.10 Å². The highest BCUT2D eigenvalue weighted by Crippen LogP contribution is 2.31. The molecule has 4 nitrogen and oxygen atoms in total. The first kappa shape index (κ1) is 9.83. The van der Waals surface area contributed by atoms with Gasteiger partial charge in [-0.3, -0.25) is 0 Å². The van der Waals surface area contributed by atoms with Crippen LogP contribution < -0.4 is 10.1 Å². The molecule has 0 aliphatic carbocycles. The van der Waals surface area contributed by atoms with Gasteiger partial charge in [0.05, 0.1) is 7.11 Å². The van der Waals surface area contributed by atoms with Gasteiger partial charge in [-0.2, -0.15) is 0 Å². The first-order valence-electron chi connectivity index (χ1n) is 4.79. The zero-order chi connectivity index (χ0) is 10.8. The van der Waals surface area contributed by atoms with E-state index in [-0.39, 0.29) is 5.97 Å². The fraction of sp³-hybridized carbons (Fsp3) is 0.364. The third-order valence-electron chi connectivity index (χ3n) is 2.49. The van der Waals surface area contributed by atoms with E-state index in [1.807, 2.05) is 25.2 Å². The Morgan fingerprint density at radius 1 is 1.60 bits per heavy atom. The Morgan fingerprint density at radius 3 is 3.07 bits per heavy atom. The second-order valence-electron chi connectivity index (χ2n) is 3.41. The second kappa shape index (κ2) is 3.81. The number of ether oxygens (including phenoxy) is 2. The van der Waals surface area contributed by atoms with Gasteiger partial charge in [-0.05, 0) is 18.2 Å². The number of nitrogens with one attached hydrogen (secondary N) is 1. The van der Waals surface area contributed by atoms with Crippen LogP contribution in [0.1, 0.15) is 5.56 Å².